The van der Waals surface area contributed by atoms with Crippen LogP contribution < -0.4 is 16.0 Å². The Morgan fingerprint density at radius 2 is 1.39 bits per heavy atom. The molecule has 0 radical (unpaired) electrons. The lowest BCUT2D eigenvalue weighted by molar-refractivity contribution is -0.131. The van der Waals surface area contributed by atoms with E-state index in [0.29, 0.717) is 26.1 Å². The van der Waals surface area contributed by atoms with Crippen molar-refractivity contribution in [2.24, 2.45) is 10.8 Å². The third-order valence-corrected chi connectivity index (χ3v) is 11.4. The van der Waals surface area contributed by atoms with Crippen LogP contribution in [0.1, 0.15) is 64.7 Å². The van der Waals surface area contributed by atoms with E-state index < -0.39 is 59.0 Å². The van der Waals surface area contributed by atoms with Crippen molar-refractivity contribution in [3.8, 4) is 11.3 Å². The minimum atomic E-state index is -1.33. The number of urea groups is 1. The first-order valence-corrected chi connectivity index (χ1v) is 21.2. The zero-order chi connectivity index (χ0) is 44.6. The molecule has 5 amide bonds. The largest absolute Gasteiger partial charge is 0.465 e. The maximum Gasteiger partial charge on any atom is 0.405 e. The second-order valence-electron chi connectivity index (χ2n) is 18.3. The highest BCUT2D eigenvalue weighted by molar-refractivity contribution is 5.89. The first-order valence-electron chi connectivity index (χ1n) is 21.2. The number of carbonyl (C=O) groups is 4. The van der Waals surface area contributed by atoms with Crippen LogP contribution in [-0.2, 0) is 29.0 Å². The number of carboxylic acid groups (broad SMARTS) is 1. The van der Waals surface area contributed by atoms with Crippen LogP contribution in [0.5, 0.6) is 0 Å². The van der Waals surface area contributed by atoms with Crippen LogP contribution in [-0.4, -0.2) is 97.3 Å². The third-order valence-electron chi connectivity index (χ3n) is 11.4. The second kappa shape index (κ2) is 19.6. The molecule has 62 heavy (non-hydrogen) atoms. The van der Waals surface area contributed by atoms with Crippen molar-refractivity contribution < 1.29 is 29.4 Å². The summed E-state index contributed by atoms with van der Waals surface area (Å²) in [7, 11) is 0. The number of aliphatic hydroxyl groups is 1. The number of aromatic nitrogens is 2. The number of pyridine rings is 2. The highest BCUT2D eigenvalue weighted by Crippen LogP contribution is 2.30. The molecule has 6 rings (SSSR count). The van der Waals surface area contributed by atoms with E-state index in [1.54, 1.807) is 43.0 Å². The molecule has 1 aliphatic heterocycles. The van der Waals surface area contributed by atoms with Crippen LogP contribution in [0.25, 0.3) is 22.2 Å². The lowest BCUT2D eigenvalue weighted by Gasteiger charge is -2.38. The van der Waals surface area contributed by atoms with Crippen molar-refractivity contribution >= 4 is 34.8 Å². The molecule has 13 heteroatoms. The molecule has 3 aromatic carbocycles. The smallest absolute Gasteiger partial charge is 0.405 e. The Labute approximate surface area is 364 Å². The summed E-state index contributed by atoms with van der Waals surface area (Å²) in [5, 5.41) is 31.4. The van der Waals surface area contributed by atoms with Gasteiger partial charge in [-0.15, -0.1) is 0 Å². The van der Waals surface area contributed by atoms with E-state index in [9.17, 15) is 29.4 Å². The van der Waals surface area contributed by atoms with Gasteiger partial charge in [0.25, 0.3) is 0 Å². The van der Waals surface area contributed by atoms with Crippen LogP contribution in [0.3, 0.4) is 0 Å². The van der Waals surface area contributed by atoms with Crippen molar-refractivity contribution in [1.82, 2.24) is 35.7 Å². The number of carbonyl (C=O) groups excluding carboxylic acids is 3. The molecular formula is C49H59N7O6. The van der Waals surface area contributed by atoms with Crippen molar-refractivity contribution in [1.29, 1.82) is 0 Å². The number of hydrogen-bond donors (Lipinski definition) is 5. The molecule has 0 unspecified atom stereocenters. The topological polar surface area (TPSA) is 177 Å². The van der Waals surface area contributed by atoms with E-state index in [-0.39, 0.29) is 18.9 Å². The standard InChI is InChI=1S/C49H59N7O6/c1-48(2,3)42(54-46(60)61)44(58)52-36(28-33-19-21-34(22-20-33)38-17-12-13-24-50-38)30-41(57)40(29-32-14-8-7-9-15-32)53-45(59)43(49(4,5)6)56-27-26-55(47(56)62)31-35-23-25-51-39-18-11-10-16-37(35)39/h7-25,36,40-43,54,57H,26-31H2,1-6H3,(H,52,58)(H,53,59)(H,60,61)/t36-,40-,41-,42+,43+/m0/s1. The molecule has 3 heterocycles. The van der Waals surface area contributed by atoms with Crippen LogP contribution in [0.15, 0.2) is 116 Å². The minimum Gasteiger partial charge on any atom is -0.465 e. The number of nitrogens with zero attached hydrogens (tertiary/aromatic N) is 4. The van der Waals surface area contributed by atoms with Gasteiger partial charge in [0.1, 0.15) is 12.1 Å². The monoisotopic (exact) mass is 841 g/mol. The van der Waals surface area contributed by atoms with Gasteiger partial charge < -0.3 is 36.0 Å². The van der Waals surface area contributed by atoms with Crippen LogP contribution in [0, 0.1) is 10.8 Å². The number of amides is 5. The first-order chi connectivity index (χ1) is 29.5. The SMILES string of the molecule is CC(C)(C)[C@H](NC(=O)O)C(=O)N[C@@H](Cc1ccc(-c2ccccn2)cc1)C[C@H](O)[C@H](Cc1ccccc1)NC(=O)[C@@H](N1CCN(Cc2ccnc3ccccc23)C1=O)C(C)(C)C. The first kappa shape index (κ1) is 45.2. The number of fused-ring (bicyclic) bond motifs is 1. The number of hydrogen-bond acceptors (Lipinski definition) is 7. The molecule has 0 spiro atoms. The summed E-state index contributed by atoms with van der Waals surface area (Å²) in [5.74, 6) is -0.929. The summed E-state index contributed by atoms with van der Waals surface area (Å²) < 4.78 is 0. The molecule has 0 aliphatic carbocycles. The Hall–Kier alpha value is -6.34. The molecule has 5 aromatic rings. The Balaban J connectivity index is 1.25. The van der Waals surface area contributed by atoms with E-state index in [1.165, 1.54) is 0 Å². The maximum absolute atomic E-state index is 14.7. The molecule has 1 fully saturated rings. The molecule has 5 N–H and O–H groups in total. The fraction of sp³-hybridized carbons (Fsp3) is 0.388. The average molecular weight is 842 g/mol. The molecule has 13 nitrogen and oxygen atoms in total. The molecule has 1 saturated heterocycles. The van der Waals surface area contributed by atoms with E-state index in [2.05, 4.69) is 25.9 Å². The molecular weight excluding hydrogens is 783 g/mol. The van der Waals surface area contributed by atoms with Crippen LogP contribution >= 0.6 is 0 Å². The van der Waals surface area contributed by atoms with E-state index in [0.717, 1.165) is 38.9 Å². The van der Waals surface area contributed by atoms with Crippen LogP contribution in [0.4, 0.5) is 9.59 Å². The van der Waals surface area contributed by atoms with E-state index in [1.807, 2.05) is 124 Å². The average Bonchev–Trinajstić information content (AvgIpc) is 3.57. The zero-order valence-electron chi connectivity index (χ0n) is 36.4. The summed E-state index contributed by atoms with van der Waals surface area (Å²) >= 11 is 0. The van der Waals surface area contributed by atoms with Gasteiger partial charge in [0.2, 0.25) is 11.8 Å². The summed E-state index contributed by atoms with van der Waals surface area (Å²) in [6.07, 6.45) is 1.55. The predicted molar refractivity (Wildman–Crippen MR) is 240 cm³/mol. The summed E-state index contributed by atoms with van der Waals surface area (Å²) in [5.41, 5.74) is 3.83. The van der Waals surface area contributed by atoms with Gasteiger partial charge in [0.15, 0.2) is 0 Å². The Kier molecular flexibility index (Phi) is 14.3. The Morgan fingerprint density at radius 3 is 2.05 bits per heavy atom. The van der Waals surface area contributed by atoms with Gasteiger partial charge in [-0.3, -0.25) is 19.6 Å². The van der Waals surface area contributed by atoms with Crippen molar-refractivity contribution in [2.75, 3.05) is 13.1 Å². The van der Waals surface area contributed by atoms with Gasteiger partial charge in [-0.1, -0.05) is 120 Å². The van der Waals surface area contributed by atoms with Gasteiger partial charge in [0.05, 0.1) is 23.4 Å². The van der Waals surface area contributed by atoms with Gasteiger partial charge in [-0.2, -0.15) is 0 Å². The van der Waals surface area contributed by atoms with E-state index in [4.69, 9.17) is 0 Å². The van der Waals surface area contributed by atoms with Gasteiger partial charge in [0, 0.05) is 49.0 Å². The molecule has 0 saturated carbocycles. The summed E-state index contributed by atoms with van der Waals surface area (Å²) in [6.45, 7) is 12.2. The zero-order valence-corrected chi connectivity index (χ0v) is 36.4. The van der Waals surface area contributed by atoms with Crippen molar-refractivity contribution in [3.05, 3.63) is 132 Å². The predicted octanol–water partition coefficient (Wildman–Crippen LogP) is 6.84. The number of rotatable bonds is 16. The van der Waals surface area contributed by atoms with Crippen LogP contribution in [0.2, 0.25) is 0 Å². The molecule has 1 aliphatic rings. The Morgan fingerprint density at radius 1 is 0.710 bits per heavy atom. The van der Waals surface area contributed by atoms with E-state index >= 15 is 0 Å². The molecule has 0 bridgehead atoms. The lowest BCUT2D eigenvalue weighted by atomic mass is 9.84. The highest BCUT2D eigenvalue weighted by Gasteiger charge is 2.44. The normalized spacial score (nSPS) is 15.7. The second-order valence-corrected chi connectivity index (χ2v) is 18.3. The lowest BCUT2D eigenvalue weighted by Crippen LogP contribution is -2.59. The van der Waals surface area contributed by atoms with Gasteiger partial charge >= 0.3 is 12.1 Å². The van der Waals surface area contributed by atoms with Crippen molar-refractivity contribution in [2.45, 2.75) is 97.6 Å². The minimum absolute atomic E-state index is 0.0198. The number of nitrogens with one attached hydrogen (secondary N) is 3. The molecule has 5 atom stereocenters. The highest BCUT2D eigenvalue weighted by atomic mass is 16.4. The Bertz CT molecular complexity index is 2310. The number of para-hydroxylation sites is 1. The molecule has 326 valence electrons. The summed E-state index contributed by atoms with van der Waals surface area (Å²) in [4.78, 5) is 66.9. The number of benzene rings is 3. The van der Waals surface area contributed by atoms with Gasteiger partial charge in [-0.25, -0.2) is 9.59 Å². The van der Waals surface area contributed by atoms with Crippen molar-refractivity contribution in [3.63, 3.8) is 0 Å². The molecule has 2 aromatic heterocycles. The van der Waals surface area contributed by atoms with Gasteiger partial charge in [-0.05, 0) is 71.0 Å². The maximum atomic E-state index is 14.7. The summed E-state index contributed by atoms with van der Waals surface area (Å²) in [6, 6.07) is 29.0. The third kappa shape index (κ3) is 11.5. The fourth-order valence-corrected chi connectivity index (χ4v) is 8.26. The quantitative estimate of drug-likeness (QED) is 0.0718. The fourth-order valence-electron chi connectivity index (χ4n) is 8.26. The number of aliphatic hydroxyl groups excluding tert-OH is 1.